The Hall–Kier alpha value is -2.28. The first-order chi connectivity index (χ1) is 8.79. The SMILES string of the molecule is Cn1c(-c2cn(CCN)nn2)nc2cccnc21. The second-order valence-corrected chi connectivity index (χ2v) is 4.00. The number of hydrogen-bond acceptors (Lipinski definition) is 5. The second-order valence-electron chi connectivity index (χ2n) is 4.00. The van der Waals surface area contributed by atoms with Crippen LogP contribution in [0, 0.1) is 0 Å². The Balaban J connectivity index is 2.10. The fraction of sp³-hybridized carbons (Fsp3) is 0.273. The Kier molecular flexibility index (Phi) is 2.52. The molecule has 0 saturated carbocycles. The van der Waals surface area contributed by atoms with E-state index in [0.717, 1.165) is 22.7 Å². The monoisotopic (exact) mass is 243 g/mol. The first-order valence-corrected chi connectivity index (χ1v) is 5.67. The lowest BCUT2D eigenvalue weighted by atomic mass is 10.4. The van der Waals surface area contributed by atoms with Gasteiger partial charge in [0.05, 0.1) is 12.7 Å². The molecule has 0 aliphatic heterocycles. The first kappa shape index (κ1) is 10.8. The second kappa shape index (κ2) is 4.19. The van der Waals surface area contributed by atoms with Crippen LogP contribution in [0.4, 0.5) is 0 Å². The predicted octanol–water partition coefficient (Wildman–Crippen LogP) is 0.185. The van der Waals surface area contributed by atoms with Crippen LogP contribution in [0.3, 0.4) is 0 Å². The van der Waals surface area contributed by atoms with Gasteiger partial charge in [-0.1, -0.05) is 5.21 Å². The highest BCUT2D eigenvalue weighted by Crippen LogP contribution is 2.19. The van der Waals surface area contributed by atoms with Crippen molar-refractivity contribution in [1.29, 1.82) is 0 Å². The number of aromatic nitrogens is 6. The van der Waals surface area contributed by atoms with Gasteiger partial charge in [-0.05, 0) is 12.1 Å². The van der Waals surface area contributed by atoms with Crippen molar-refractivity contribution < 1.29 is 0 Å². The predicted molar refractivity (Wildman–Crippen MR) is 66.6 cm³/mol. The third-order valence-corrected chi connectivity index (χ3v) is 2.75. The summed E-state index contributed by atoms with van der Waals surface area (Å²) >= 11 is 0. The van der Waals surface area contributed by atoms with Crippen LogP contribution in [0.1, 0.15) is 0 Å². The standard InChI is InChI=1S/C11H13N7/c1-17-10-8(3-2-5-13-10)14-11(17)9-7-18(6-4-12)16-15-9/h2-3,5,7H,4,6,12H2,1H3. The van der Waals surface area contributed by atoms with E-state index >= 15 is 0 Å². The molecule has 0 aromatic carbocycles. The minimum absolute atomic E-state index is 0.535. The summed E-state index contributed by atoms with van der Waals surface area (Å²) in [4.78, 5) is 8.80. The lowest BCUT2D eigenvalue weighted by molar-refractivity contribution is 0.598. The van der Waals surface area contributed by atoms with Crippen LogP contribution in [0.5, 0.6) is 0 Å². The molecule has 0 fully saturated rings. The largest absolute Gasteiger partial charge is 0.329 e. The summed E-state index contributed by atoms with van der Waals surface area (Å²) in [6.07, 6.45) is 3.59. The van der Waals surface area contributed by atoms with Crippen molar-refractivity contribution in [3.63, 3.8) is 0 Å². The van der Waals surface area contributed by atoms with Crippen LogP contribution < -0.4 is 5.73 Å². The van der Waals surface area contributed by atoms with Crippen molar-refractivity contribution in [3.05, 3.63) is 24.5 Å². The van der Waals surface area contributed by atoms with Crippen LogP contribution >= 0.6 is 0 Å². The quantitative estimate of drug-likeness (QED) is 0.709. The smallest absolute Gasteiger partial charge is 0.164 e. The van der Waals surface area contributed by atoms with Gasteiger partial charge in [-0.15, -0.1) is 5.10 Å². The fourth-order valence-electron chi connectivity index (χ4n) is 1.90. The molecular weight excluding hydrogens is 230 g/mol. The maximum absolute atomic E-state index is 5.48. The van der Waals surface area contributed by atoms with Gasteiger partial charge in [-0.25, -0.2) is 9.97 Å². The number of rotatable bonds is 3. The number of pyridine rings is 1. The van der Waals surface area contributed by atoms with Crippen LogP contribution in [-0.4, -0.2) is 36.1 Å². The van der Waals surface area contributed by atoms with Gasteiger partial charge in [0.2, 0.25) is 0 Å². The number of nitrogens with two attached hydrogens (primary N) is 1. The van der Waals surface area contributed by atoms with Gasteiger partial charge in [-0.3, -0.25) is 4.68 Å². The van der Waals surface area contributed by atoms with Crippen LogP contribution in [0.25, 0.3) is 22.7 Å². The Morgan fingerprint density at radius 3 is 3.06 bits per heavy atom. The summed E-state index contributed by atoms with van der Waals surface area (Å²) in [7, 11) is 1.92. The molecule has 0 amide bonds. The van der Waals surface area contributed by atoms with Gasteiger partial charge in [0, 0.05) is 19.8 Å². The molecule has 0 saturated heterocycles. The fourth-order valence-corrected chi connectivity index (χ4v) is 1.90. The zero-order valence-electron chi connectivity index (χ0n) is 9.98. The first-order valence-electron chi connectivity index (χ1n) is 5.67. The van der Waals surface area contributed by atoms with Gasteiger partial charge < -0.3 is 10.3 Å². The van der Waals surface area contributed by atoms with Crippen molar-refractivity contribution in [2.45, 2.75) is 6.54 Å². The average molecular weight is 243 g/mol. The van der Waals surface area contributed by atoms with Gasteiger partial charge in [-0.2, -0.15) is 0 Å². The number of nitrogens with zero attached hydrogens (tertiary/aromatic N) is 6. The number of aryl methyl sites for hydroxylation is 1. The van der Waals surface area contributed by atoms with Crippen LogP contribution in [-0.2, 0) is 13.6 Å². The van der Waals surface area contributed by atoms with Gasteiger partial charge in [0.1, 0.15) is 11.2 Å². The van der Waals surface area contributed by atoms with Gasteiger partial charge in [0.15, 0.2) is 11.5 Å². The van der Waals surface area contributed by atoms with E-state index in [-0.39, 0.29) is 0 Å². The Labute approximate surface area is 103 Å². The van der Waals surface area contributed by atoms with E-state index in [0.29, 0.717) is 13.1 Å². The van der Waals surface area contributed by atoms with Crippen molar-refractivity contribution in [2.24, 2.45) is 12.8 Å². The summed E-state index contributed by atoms with van der Waals surface area (Å²) < 4.78 is 3.62. The molecule has 0 spiro atoms. The molecule has 3 rings (SSSR count). The van der Waals surface area contributed by atoms with Crippen molar-refractivity contribution in [3.8, 4) is 11.5 Å². The molecule has 2 N–H and O–H groups in total. The highest BCUT2D eigenvalue weighted by molar-refractivity contribution is 5.75. The van der Waals surface area contributed by atoms with E-state index in [1.54, 1.807) is 10.9 Å². The third kappa shape index (κ3) is 1.65. The summed E-state index contributed by atoms with van der Waals surface area (Å²) in [5, 5.41) is 8.11. The van der Waals surface area contributed by atoms with E-state index in [1.165, 1.54) is 0 Å². The van der Waals surface area contributed by atoms with E-state index in [1.807, 2.05) is 29.9 Å². The van der Waals surface area contributed by atoms with E-state index in [4.69, 9.17) is 5.73 Å². The maximum Gasteiger partial charge on any atom is 0.164 e. The molecule has 0 atom stereocenters. The molecule has 0 aliphatic carbocycles. The minimum Gasteiger partial charge on any atom is -0.329 e. The minimum atomic E-state index is 0.535. The highest BCUT2D eigenvalue weighted by Gasteiger charge is 2.13. The zero-order valence-corrected chi connectivity index (χ0v) is 9.98. The highest BCUT2D eigenvalue weighted by atomic mass is 15.4. The Morgan fingerprint density at radius 2 is 2.28 bits per heavy atom. The molecule has 0 radical (unpaired) electrons. The molecule has 0 unspecified atom stereocenters. The lowest BCUT2D eigenvalue weighted by Crippen LogP contribution is -2.10. The van der Waals surface area contributed by atoms with E-state index in [2.05, 4.69) is 20.3 Å². The normalized spacial score (nSPS) is 11.2. The molecule has 3 aromatic rings. The summed E-state index contributed by atoms with van der Waals surface area (Å²) in [5.41, 5.74) is 7.89. The third-order valence-electron chi connectivity index (χ3n) is 2.75. The molecule has 7 nitrogen and oxygen atoms in total. The topological polar surface area (TPSA) is 87.4 Å². The average Bonchev–Trinajstić information content (AvgIpc) is 2.96. The van der Waals surface area contributed by atoms with Gasteiger partial charge >= 0.3 is 0 Å². The molecule has 3 aromatic heterocycles. The lowest BCUT2D eigenvalue weighted by Gasteiger charge is -1.96. The molecule has 0 bridgehead atoms. The van der Waals surface area contributed by atoms with Crippen molar-refractivity contribution in [1.82, 2.24) is 29.5 Å². The molecule has 0 aliphatic rings. The van der Waals surface area contributed by atoms with Gasteiger partial charge in [0.25, 0.3) is 0 Å². The molecule has 3 heterocycles. The van der Waals surface area contributed by atoms with Crippen molar-refractivity contribution >= 4 is 11.2 Å². The number of fused-ring (bicyclic) bond motifs is 1. The van der Waals surface area contributed by atoms with Crippen molar-refractivity contribution in [2.75, 3.05) is 6.54 Å². The molecule has 92 valence electrons. The van der Waals surface area contributed by atoms with E-state index in [9.17, 15) is 0 Å². The number of hydrogen-bond donors (Lipinski definition) is 1. The maximum atomic E-state index is 5.48. The molecule has 18 heavy (non-hydrogen) atoms. The molecule has 7 heteroatoms. The van der Waals surface area contributed by atoms with Crippen LogP contribution in [0.2, 0.25) is 0 Å². The molecular formula is C11H13N7. The summed E-state index contributed by atoms with van der Waals surface area (Å²) in [5.74, 6) is 0.756. The Morgan fingerprint density at radius 1 is 1.39 bits per heavy atom. The zero-order chi connectivity index (χ0) is 12.5. The van der Waals surface area contributed by atoms with Crippen LogP contribution in [0.15, 0.2) is 24.5 Å². The van der Waals surface area contributed by atoms with E-state index < -0.39 is 0 Å². The summed E-state index contributed by atoms with van der Waals surface area (Å²) in [6, 6.07) is 3.79. The summed E-state index contributed by atoms with van der Waals surface area (Å²) in [6.45, 7) is 1.18. The number of imidazole rings is 1. The Bertz CT molecular complexity index is 682.